The number of aryl methyl sites for hydroxylation is 2. The van der Waals surface area contributed by atoms with Crippen LogP contribution in [0.15, 0.2) is 91.2 Å². The van der Waals surface area contributed by atoms with Crippen LogP contribution in [0.4, 0.5) is 0 Å². The third kappa shape index (κ3) is 7.03. The van der Waals surface area contributed by atoms with Crippen molar-refractivity contribution in [2.75, 3.05) is 13.2 Å². The number of fused-ring (bicyclic) bond motifs is 2. The molecule has 0 aliphatic carbocycles. The molecular formula is C32H26O10. The molecule has 5 rings (SSSR count). The van der Waals surface area contributed by atoms with Gasteiger partial charge in [0.1, 0.15) is 35.9 Å². The van der Waals surface area contributed by atoms with Crippen LogP contribution in [-0.2, 0) is 32.3 Å². The Balaban J connectivity index is 1.04. The van der Waals surface area contributed by atoms with Crippen LogP contribution in [0.5, 0.6) is 11.5 Å². The number of carbonyl (C=O) groups is 2. The first-order valence-corrected chi connectivity index (χ1v) is 13.0. The molecular weight excluding hydrogens is 544 g/mol. The van der Waals surface area contributed by atoms with Crippen LogP contribution in [0.3, 0.4) is 0 Å². The van der Waals surface area contributed by atoms with Crippen molar-refractivity contribution in [3.05, 3.63) is 116 Å². The molecule has 0 unspecified atom stereocenters. The molecule has 0 spiro atoms. The van der Waals surface area contributed by atoms with E-state index in [4.69, 9.17) is 27.8 Å². The molecule has 0 atom stereocenters. The molecule has 0 saturated carbocycles. The summed E-state index contributed by atoms with van der Waals surface area (Å²) in [6.07, 6.45) is 0. The maximum absolute atomic E-state index is 12.2. The van der Waals surface area contributed by atoms with Gasteiger partial charge in [-0.05, 0) is 60.4 Å². The minimum atomic E-state index is -0.567. The molecule has 0 aliphatic heterocycles. The van der Waals surface area contributed by atoms with Crippen molar-refractivity contribution in [2.45, 2.75) is 27.1 Å². The zero-order chi connectivity index (χ0) is 29.6. The van der Waals surface area contributed by atoms with Crippen LogP contribution in [0.25, 0.3) is 21.9 Å². The number of hydrogen-bond acceptors (Lipinski definition) is 10. The summed E-state index contributed by atoms with van der Waals surface area (Å²) in [7, 11) is 0. The average Bonchev–Trinajstić information content (AvgIpc) is 2.96. The van der Waals surface area contributed by atoms with Gasteiger partial charge in [0, 0.05) is 35.0 Å². The molecule has 5 aromatic rings. The van der Waals surface area contributed by atoms with Crippen molar-refractivity contribution in [3.63, 3.8) is 0 Å². The molecule has 3 aromatic carbocycles. The molecule has 214 valence electrons. The summed E-state index contributed by atoms with van der Waals surface area (Å²) in [5.74, 6) is -0.388. The molecule has 10 nitrogen and oxygen atoms in total. The van der Waals surface area contributed by atoms with E-state index in [1.54, 1.807) is 60.7 Å². The van der Waals surface area contributed by atoms with E-state index in [-0.39, 0.29) is 26.4 Å². The Morgan fingerprint density at radius 3 is 1.40 bits per heavy atom. The highest BCUT2D eigenvalue weighted by molar-refractivity contribution is 5.82. The molecule has 42 heavy (non-hydrogen) atoms. The van der Waals surface area contributed by atoms with Gasteiger partial charge in [-0.3, -0.25) is 0 Å². The van der Waals surface area contributed by atoms with Gasteiger partial charge in [0.05, 0.1) is 0 Å². The monoisotopic (exact) mass is 570 g/mol. The quantitative estimate of drug-likeness (QED) is 0.171. The van der Waals surface area contributed by atoms with Crippen LogP contribution in [-0.4, -0.2) is 25.2 Å². The molecule has 0 bridgehead atoms. The van der Waals surface area contributed by atoms with Gasteiger partial charge < -0.3 is 27.8 Å². The summed E-state index contributed by atoms with van der Waals surface area (Å²) >= 11 is 0. The predicted octanol–water partition coefficient (Wildman–Crippen LogP) is 4.76. The van der Waals surface area contributed by atoms with Crippen LogP contribution < -0.4 is 20.7 Å². The molecule has 0 saturated heterocycles. The lowest BCUT2D eigenvalue weighted by Gasteiger charge is -2.10. The number of ether oxygens (including phenoxy) is 4. The summed E-state index contributed by atoms with van der Waals surface area (Å²) in [6, 6.07) is 19.8. The molecule has 0 amide bonds. The lowest BCUT2D eigenvalue weighted by Crippen LogP contribution is -2.15. The highest BCUT2D eigenvalue weighted by Gasteiger charge is 2.10. The van der Waals surface area contributed by atoms with Crippen molar-refractivity contribution in [1.82, 2.24) is 0 Å². The number of hydrogen-bond donors (Lipinski definition) is 0. The number of esters is 2. The van der Waals surface area contributed by atoms with Crippen molar-refractivity contribution in [1.29, 1.82) is 0 Å². The second-order valence-corrected chi connectivity index (χ2v) is 9.53. The van der Waals surface area contributed by atoms with Crippen molar-refractivity contribution < 1.29 is 37.4 Å². The van der Waals surface area contributed by atoms with Crippen molar-refractivity contribution >= 4 is 33.9 Å². The van der Waals surface area contributed by atoms with E-state index in [9.17, 15) is 19.2 Å². The van der Waals surface area contributed by atoms with Crippen LogP contribution >= 0.6 is 0 Å². The molecule has 0 aliphatic rings. The first-order valence-electron chi connectivity index (χ1n) is 13.0. The third-order valence-corrected chi connectivity index (χ3v) is 6.38. The van der Waals surface area contributed by atoms with Gasteiger partial charge >= 0.3 is 23.2 Å². The SMILES string of the molecule is Cc1cc(=O)oc2cc(OCC(=O)OCc3ccc(COC(=O)COc4ccc5c(C)cc(=O)oc5c4)cc3)ccc12. The zero-order valence-corrected chi connectivity index (χ0v) is 22.8. The zero-order valence-electron chi connectivity index (χ0n) is 22.8. The summed E-state index contributed by atoms with van der Waals surface area (Å²) in [5.41, 5.74) is 2.89. The van der Waals surface area contributed by atoms with E-state index in [0.717, 1.165) is 33.0 Å². The van der Waals surface area contributed by atoms with Gasteiger partial charge in [-0.25, -0.2) is 19.2 Å². The largest absolute Gasteiger partial charge is 0.482 e. The van der Waals surface area contributed by atoms with Crippen molar-refractivity contribution in [3.8, 4) is 11.5 Å². The highest BCUT2D eigenvalue weighted by Crippen LogP contribution is 2.23. The Morgan fingerprint density at radius 2 is 1.00 bits per heavy atom. The van der Waals surface area contributed by atoms with Crippen molar-refractivity contribution in [2.24, 2.45) is 0 Å². The summed E-state index contributed by atoms with van der Waals surface area (Å²) in [5, 5.41) is 1.56. The Kier molecular flexibility index (Phi) is 8.33. The van der Waals surface area contributed by atoms with Crippen LogP contribution in [0, 0.1) is 13.8 Å². The molecule has 2 aromatic heterocycles. The van der Waals surface area contributed by atoms with E-state index >= 15 is 0 Å². The molecule has 0 fully saturated rings. The summed E-state index contributed by atoms with van der Waals surface area (Å²) in [6.45, 7) is 3.06. The lowest BCUT2D eigenvalue weighted by atomic mass is 10.1. The van der Waals surface area contributed by atoms with Gasteiger partial charge in [0.15, 0.2) is 13.2 Å². The average molecular weight is 571 g/mol. The van der Waals surface area contributed by atoms with Gasteiger partial charge in [0.2, 0.25) is 0 Å². The normalized spacial score (nSPS) is 10.9. The van der Waals surface area contributed by atoms with Gasteiger partial charge in [0.25, 0.3) is 0 Å². The van der Waals surface area contributed by atoms with E-state index in [2.05, 4.69) is 0 Å². The third-order valence-electron chi connectivity index (χ3n) is 6.38. The second kappa shape index (κ2) is 12.4. The molecule has 0 radical (unpaired) electrons. The number of carbonyl (C=O) groups excluding carboxylic acids is 2. The summed E-state index contributed by atoms with van der Waals surface area (Å²) in [4.78, 5) is 47.5. The Labute approximate surface area is 239 Å². The minimum absolute atomic E-state index is 0.0350. The Morgan fingerprint density at radius 1 is 0.595 bits per heavy atom. The minimum Gasteiger partial charge on any atom is -0.482 e. The van der Waals surface area contributed by atoms with E-state index in [1.807, 2.05) is 13.8 Å². The maximum atomic E-state index is 12.2. The van der Waals surface area contributed by atoms with Gasteiger partial charge in [-0.15, -0.1) is 0 Å². The van der Waals surface area contributed by atoms with Crippen LogP contribution in [0.2, 0.25) is 0 Å². The van der Waals surface area contributed by atoms with Crippen LogP contribution in [0.1, 0.15) is 22.3 Å². The number of benzene rings is 3. The fourth-order valence-corrected chi connectivity index (χ4v) is 4.22. The first-order chi connectivity index (χ1) is 20.2. The summed E-state index contributed by atoms with van der Waals surface area (Å²) < 4.78 is 31.9. The fraction of sp³-hybridized carbons (Fsp3) is 0.188. The smallest absolute Gasteiger partial charge is 0.344 e. The number of rotatable bonds is 10. The first kappa shape index (κ1) is 28.2. The topological polar surface area (TPSA) is 131 Å². The van der Waals surface area contributed by atoms with E-state index < -0.39 is 23.2 Å². The fourth-order valence-electron chi connectivity index (χ4n) is 4.22. The van der Waals surface area contributed by atoms with Gasteiger partial charge in [-0.2, -0.15) is 0 Å². The lowest BCUT2D eigenvalue weighted by molar-refractivity contribution is -0.148. The molecule has 0 N–H and O–H groups in total. The molecule has 2 heterocycles. The Bertz CT molecular complexity index is 1740. The predicted molar refractivity (Wildman–Crippen MR) is 151 cm³/mol. The second-order valence-electron chi connectivity index (χ2n) is 9.53. The highest BCUT2D eigenvalue weighted by atomic mass is 16.6. The maximum Gasteiger partial charge on any atom is 0.344 e. The standard InChI is InChI=1S/C32H26O10/c1-19-11-29(33)41-27-13-23(7-9-25(19)27)37-17-31(35)39-15-21-3-5-22(6-4-21)16-40-32(36)18-38-24-8-10-26-20(2)12-30(34)42-28(26)14-24/h3-14H,15-18H2,1-2H3. The van der Waals surface area contributed by atoms with E-state index in [0.29, 0.717) is 22.7 Å². The van der Waals surface area contributed by atoms with E-state index in [1.165, 1.54) is 12.1 Å². The molecule has 10 heteroatoms. The Hall–Kier alpha value is -5.38. The van der Waals surface area contributed by atoms with Gasteiger partial charge in [-0.1, -0.05) is 24.3 Å².